The summed E-state index contributed by atoms with van der Waals surface area (Å²) < 4.78 is 6.99. The van der Waals surface area contributed by atoms with Crippen LogP contribution in [0.3, 0.4) is 0 Å². The van der Waals surface area contributed by atoms with Gasteiger partial charge in [-0.05, 0) is 17.7 Å². The van der Waals surface area contributed by atoms with Crippen molar-refractivity contribution in [1.29, 1.82) is 0 Å². The number of amides is 1. The second-order valence-corrected chi connectivity index (χ2v) is 5.18. The maximum atomic E-state index is 12.1. The van der Waals surface area contributed by atoms with Crippen LogP contribution >= 0.6 is 0 Å². The monoisotopic (exact) mass is 319 g/mol. The summed E-state index contributed by atoms with van der Waals surface area (Å²) in [6, 6.07) is 13.2. The molecule has 0 saturated heterocycles. The first-order valence-electron chi connectivity index (χ1n) is 7.36. The maximum Gasteiger partial charge on any atom is 0.292 e. The molecule has 7 nitrogen and oxygen atoms in total. The Balaban J connectivity index is 1.65. The lowest BCUT2D eigenvalue weighted by Crippen LogP contribution is -2.12. The quantitative estimate of drug-likeness (QED) is 0.625. The molecule has 0 bridgehead atoms. The average Bonchev–Trinajstić information content (AvgIpc) is 3.27. The Morgan fingerprint density at radius 2 is 1.96 bits per heavy atom. The van der Waals surface area contributed by atoms with Gasteiger partial charge in [-0.1, -0.05) is 30.3 Å². The van der Waals surface area contributed by atoms with Crippen LogP contribution in [0, 0.1) is 0 Å². The summed E-state index contributed by atoms with van der Waals surface area (Å²) in [5, 5.41) is 2.70. The molecule has 0 aliphatic carbocycles. The fourth-order valence-corrected chi connectivity index (χ4v) is 2.44. The van der Waals surface area contributed by atoms with Crippen molar-refractivity contribution in [2.24, 2.45) is 0 Å². The Morgan fingerprint density at radius 3 is 2.75 bits per heavy atom. The summed E-state index contributed by atoms with van der Waals surface area (Å²) in [6.45, 7) is 0.639. The third kappa shape index (κ3) is 2.63. The summed E-state index contributed by atoms with van der Waals surface area (Å²) in [5.41, 5.74) is 2.33. The molecule has 0 unspecified atom stereocenters. The van der Waals surface area contributed by atoms with Gasteiger partial charge >= 0.3 is 0 Å². The van der Waals surface area contributed by atoms with E-state index in [1.54, 1.807) is 18.5 Å². The molecule has 118 valence electrons. The molecule has 0 spiro atoms. The van der Waals surface area contributed by atoms with Crippen LogP contribution in [0.2, 0.25) is 0 Å². The van der Waals surface area contributed by atoms with Crippen molar-refractivity contribution in [3.05, 3.63) is 72.7 Å². The topological polar surface area (TPSA) is 85.8 Å². The van der Waals surface area contributed by atoms with E-state index >= 15 is 0 Å². The first-order valence-corrected chi connectivity index (χ1v) is 7.36. The Hall–Kier alpha value is -3.48. The van der Waals surface area contributed by atoms with Gasteiger partial charge in [0.05, 0.1) is 19.1 Å². The van der Waals surface area contributed by atoms with Crippen LogP contribution in [-0.4, -0.2) is 25.4 Å². The molecule has 3 heterocycles. The predicted molar refractivity (Wildman–Crippen MR) is 87.5 cm³/mol. The van der Waals surface area contributed by atoms with Crippen LogP contribution in [0.15, 0.2) is 65.8 Å². The molecule has 0 radical (unpaired) electrons. The molecule has 7 heteroatoms. The number of nitrogens with zero attached hydrogens (tertiary/aromatic N) is 4. The Kier molecular flexibility index (Phi) is 3.51. The van der Waals surface area contributed by atoms with Crippen LogP contribution in [0.25, 0.3) is 11.2 Å². The number of benzene rings is 1. The standard InChI is InChI=1S/C17H13N5O2/c23-17(13-7-4-8-24-13)21-15-14-16(19-10-18-15)22(11-20-14)9-12-5-2-1-3-6-12/h1-8,10-11H,9H2,(H,18,19,21,23). The third-order valence-corrected chi connectivity index (χ3v) is 3.57. The van der Waals surface area contributed by atoms with Gasteiger partial charge in [0, 0.05) is 0 Å². The molecular weight excluding hydrogens is 306 g/mol. The van der Waals surface area contributed by atoms with Gasteiger partial charge in [0.15, 0.2) is 22.7 Å². The lowest BCUT2D eigenvalue weighted by molar-refractivity contribution is 0.0996. The molecule has 0 aliphatic heterocycles. The number of hydrogen-bond acceptors (Lipinski definition) is 5. The summed E-state index contributed by atoms with van der Waals surface area (Å²) in [7, 11) is 0. The number of furan rings is 1. The first kappa shape index (κ1) is 14.1. The van der Waals surface area contributed by atoms with Crippen molar-refractivity contribution in [2.45, 2.75) is 6.54 Å². The van der Waals surface area contributed by atoms with Gasteiger partial charge in [0.2, 0.25) is 0 Å². The summed E-state index contributed by atoms with van der Waals surface area (Å²) in [5.74, 6) is 0.191. The molecule has 0 aliphatic rings. The van der Waals surface area contributed by atoms with Gasteiger partial charge in [-0.2, -0.15) is 0 Å². The highest BCUT2D eigenvalue weighted by atomic mass is 16.3. The van der Waals surface area contributed by atoms with Crippen molar-refractivity contribution in [1.82, 2.24) is 19.5 Å². The minimum absolute atomic E-state index is 0.213. The van der Waals surface area contributed by atoms with Gasteiger partial charge in [-0.15, -0.1) is 0 Å². The van der Waals surface area contributed by atoms with E-state index < -0.39 is 0 Å². The number of rotatable bonds is 4. The zero-order valence-corrected chi connectivity index (χ0v) is 12.6. The van der Waals surface area contributed by atoms with Crippen molar-refractivity contribution in [2.75, 3.05) is 5.32 Å². The van der Waals surface area contributed by atoms with Crippen LogP contribution in [-0.2, 0) is 6.54 Å². The number of aromatic nitrogens is 4. The normalized spacial score (nSPS) is 10.8. The Bertz CT molecular complexity index is 977. The summed E-state index contributed by atoms with van der Waals surface area (Å²) in [4.78, 5) is 24.9. The molecule has 4 aromatic rings. The summed E-state index contributed by atoms with van der Waals surface area (Å²) >= 11 is 0. The SMILES string of the molecule is O=C(Nc1ncnc2c1ncn2Cc1ccccc1)c1ccco1. The lowest BCUT2D eigenvalue weighted by Gasteiger charge is -2.05. The van der Waals surface area contributed by atoms with E-state index in [9.17, 15) is 4.79 Å². The molecule has 24 heavy (non-hydrogen) atoms. The van der Waals surface area contributed by atoms with Crippen molar-refractivity contribution >= 4 is 22.9 Å². The molecule has 0 fully saturated rings. The molecule has 4 rings (SSSR count). The smallest absolute Gasteiger partial charge is 0.292 e. The van der Waals surface area contributed by atoms with Crippen molar-refractivity contribution in [3.63, 3.8) is 0 Å². The second kappa shape index (κ2) is 5.96. The molecule has 1 N–H and O–H groups in total. The number of hydrogen-bond donors (Lipinski definition) is 1. The molecule has 1 aromatic carbocycles. The highest BCUT2D eigenvalue weighted by Crippen LogP contribution is 2.19. The van der Waals surface area contributed by atoms with E-state index in [0.717, 1.165) is 5.56 Å². The molecule has 3 aromatic heterocycles. The van der Waals surface area contributed by atoms with Gasteiger partial charge in [0.1, 0.15) is 6.33 Å². The van der Waals surface area contributed by atoms with Gasteiger partial charge in [-0.3, -0.25) is 4.79 Å². The van der Waals surface area contributed by atoms with Crippen molar-refractivity contribution < 1.29 is 9.21 Å². The van der Waals surface area contributed by atoms with Crippen LogP contribution in [0.4, 0.5) is 5.82 Å². The minimum atomic E-state index is -0.377. The van der Waals surface area contributed by atoms with E-state index in [-0.39, 0.29) is 11.7 Å². The van der Waals surface area contributed by atoms with Gasteiger partial charge < -0.3 is 14.3 Å². The average molecular weight is 319 g/mol. The van der Waals surface area contributed by atoms with E-state index in [1.807, 2.05) is 34.9 Å². The molecule has 0 atom stereocenters. The first-order chi connectivity index (χ1) is 11.8. The fraction of sp³-hybridized carbons (Fsp3) is 0.0588. The third-order valence-electron chi connectivity index (χ3n) is 3.57. The number of fused-ring (bicyclic) bond motifs is 1. The van der Waals surface area contributed by atoms with Crippen LogP contribution in [0.1, 0.15) is 16.1 Å². The maximum absolute atomic E-state index is 12.1. The molecule has 1 amide bonds. The van der Waals surface area contributed by atoms with Crippen LogP contribution in [0.5, 0.6) is 0 Å². The fourth-order valence-electron chi connectivity index (χ4n) is 2.44. The Morgan fingerprint density at radius 1 is 1.08 bits per heavy atom. The number of carbonyl (C=O) groups is 1. The van der Waals surface area contributed by atoms with E-state index in [1.165, 1.54) is 12.6 Å². The summed E-state index contributed by atoms with van der Waals surface area (Å²) in [6.07, 6.45) is 4.54. The zero-order chi connectivity index (χ0) is 16.4. The number of carbonyl (C=O) groups excluding carboxylic acids is 1. The van der Waals surface area contributed by atoms with E-state index in [4.69, 9.17) is 4.42 Å². The van der Waals surface area contributed by atoms with Gasteiger partial charge in [0.25, 0.3) is 5.91 Å². The largest absolute Gasteiger partial charge is 0.459 e. The number of imidazole rings is 1. The zero-order valence-electron chi connectivity index (χ0n) is 12.6. The predicted octanol–water partition coefficient (Wildman–Crippen LogP) is 2.72. The molecule has 0 saturated carbocycles. The highest BCUT2D eigenvalue weighted by molar-refractivity contribution is 6.05. The second-order valence-electron chi connectivity index (χ2n) is 5.18. The van der Waals surface area contributed by atoms with Crippen molar-refractivity contribution in [3.8, 4) is 0 Å². The van der Waals surface area contributed by atoms with Crippen LogP contribution < -0.4 is 5.32 Å². The van der Waals surface area contributed by atoms with E-state index in [2.05, 4.69) is 20.3 Å². The molecular formula is C17H13N5O2. The minimum Gasteiger partial charge on any atom is -0.459 e. The lowest BCUT2D eigenvalue weighted by atomic mass is 10.2. The van der Waals surface area contributed by atoms with Gasteiger partial charge in [-0.25, -0.2) is 15.0 Å². The Labute approximate surface area is 137 Å². The van der Waals surface area contributed by atoms with E-state index in [0.29, 0.717) is 23.5 Å². The number of anilines is 1. The number of nitrogens with one attached hydrogen (secondary N) is 1. The highest BCUT2D eigenvalue weighted by Gasteiger charge is 2.15.